The van der Waals surface area contributed by atoms with Gasteiger partial charge in [-0.25, -0.2) is 0 Å². The maximum atomic E-state index is 11.7. The van der Waals surface area contributed by atoms with E-state index in [-0.39, 0.29) is 11.9 Å². The number of rotatable bonds is 7. The summed E-state index contributed by atoms with van der Waals surface area (Å²) in [5.74, 6) is 0.539. The van der Waals surface area contributed by atoms with E-state index in [9.17, 15) is 9.90 Å². The minimum atomic E-state index is -0.634. The van der Waals surface area contributed by atoms with Crippen LogP contribution in [0, 0.1) is 11.8 Å². The number of ether oxygens (including phenoxy) is 1. The second kappa shape index (κ2) is 7.99. The number of carbonyl (C=O) groups is 1. The summed E-state index contributed by atoms with van der Waals surface area (Å²) in [5, 5.41) is 10.7. The molecular formula is C16H31NO3. The van der Waals surface area contributed by atoms with Crippen molar-refractivity contribution in [3.8, 4) is 0 Å². The van der Waals surface area contributed by atoms with Gasteiger partial charge >= 0.3 is 5.97 Å². The predicted octanol–water partition coefficient (Wildman–Crippen LogP) is 2.45. The lowest BCUT2D eigenvalue weighted by molar-refractivity contribution is -0.151. The Kier molecular flexibility index (Phi) is 6.96. The first-order chi connectivity index (χ1) is 9.40. The molecule has 1 aliphatic rings. The van der Waals surface area contributed by atoms with E-state index >= 15 is 0 Å². The molecule has 0 spiro atoms. The van der Waals surface area contributed by atoms with Crippen molar-refractivity contribution in [1.82, 2.24) is 4.90 Å². The summed E-state index contributed by atoms with van der Waals surface area (Å²) >= 11 is 0. The monoisotopic (exact) mass is 285 g/mol. The Bertz CT molecular complexity index is 298. The summed E-state index contributed by atoms with van der Waals surface area (Å²) < 4.78 is 5.07. The number of hydrogen-bond donors (Lipinski definition) is 1. The van der Waals surface area contributed by atoms with Crippen molar-refractivity contribution in [2.75, 3.05) is 26.7 Å². The molecule has 1 rings (SSSR count). The highest BCUT2D eigenvalue weighted by molar-refractivity contribution is 5.72. The summed E-state index contributed by atoms with van der Waals surface area (Å²) in [6.07, 6.45) is 4.04. The first-order valence-electron chi connectivity index (χ1n) is 7.97. The van der Waals surface area contributed by atoms with Gasteiger partial charge in [0.15, 0.2) is 0 Å². The molecule has 0 aliphatic heterocycles. The first-order valence-corrected chi connectivity index (χ1v) is 7.97. The molecule has 118 valence electrons. The third-order valence-electron chi connectivity index (χ3n) is 4.42. The number of esters is 1. The smallest absolute Gasteiger partial charge is 0.308 e. The summed E-state index contributed by atoms with van der Waals surface area (Å²) in [6.45, 7) is 8.42. The molecule has 0 saturated heterocycles. The second-order valence-corrected chi connectivity index (χ2v) is 6.46. The number of nitrogens with zero attached hydrogens (tertiary/aromatic N) is 1. The summed E-state index contributed by atoms with van der Waals surface area (Å²) in [4.78, 5) is 13.9. The van der Waals surface area contributed by atoms with E-state index in [1.807, 2.05) is 6.92 Å². The van der Waals surface area contributed by atoms with Crippen LogP contribution in [-0.4, -0.2) is 48.3 Å². The normalized spacial score (nSPS) is 28.4. The average molecular weight is 285 g/mol. The molecule has 4 nitrogen and oxygen atoms in total. The standard InChI is InChI=1S/C16H31NO3/c1-5-13(3)11-17(4)12-16(19)9-7-14(8-10-16)15(18)20-6-2/h13-14,19H,5-12H2,1-4H3. The van der Waals surface area contributed by atoms with Crippen molar-refractivity contribution >= 4 is 5.97 Å². The van der Waals surface area contributed by atoms with Crippen LogP contribution in [-0.2, 0) is 9.53 Å². The molecule has 4 heteroatoms. The van der Waals surface area contributed by atoms with E-state index in [1.54, 1.807) is 0 Å². The van der Waals surface area contributed by atoms with Crippen molar-refractivity contribution in [3.05, 3.63) is 0 Å². The van der Waals surface area contributed by atoms with E-state index < -0.39 is 5.60 Å². The fraction of sp³-hybridized carbons (Fsp3) is 0.938. The maximum absolute atomic E-state index is 11.7. The van der Waals surface area contributed by atoms with Gasteiger partial charge in [0, 0.05) is 13.1 Å². The molecule has 1 saturated carbocycles. The lowest BCUT2D eigenvalue weighted by atomic mass is 9.78. The molecule has 0 amide bonds. The molecule has 0 radical (unpaired) electrons. The van der Waals surface area contributed by atoms with Gasteiger partial charge in [-0.1, -0.05) is 20.3 Å². The van der Waals surface area contributed by atoms with Gasteiger partial charge in [-0.2, -0.15) is 0 Å². The van der Waals surface area contributed by atoms with Crippen molar-refractivity contribution in [2.24, 2.45) is 11.8 Å². The zero-order valence-electron chi connectivity index (χ0n) is 13.5. The average Bonchev–Trinajstić information content (AvgIpc) is 2.38. The largest absolute Gasteiger partial charge is 0.466 e. The van der Waals surface area contributed by atoms with Crippen LogP contribution in [0.5, 0.6) is 0 Å². The Morgan fingerprint density at radius 2 is 2.00 bits per heavy atom. The van der Waals surface area contributed by atoms with E-state index in [0.717, 1.165) is 25.8 Å². The van der Waals surface area contributed by atoms with Crippen LogP contribution in [0.25, 0.3) is 0 Å². The second-order valence-electron chi connectivity index (χ2n) is 6.46. The van der Waals surface area contributed by atoms with Gasteiger partial charge in [0.05, 0.1) is 18.1 Å². The summed E-state index contributed by atoms with van der Waals surface area (Å²) in [6, 6.07) is 0. The summed E-state index contributed by atoms with van der Waals surface area (Å²) in [7, 11) is 2.07. The Labute approximate surface area is 123 Å². The third kappa shape index (κ3) is 5.41. The fourth-order valence-electron chi connectivity index (χ4n) is 3.04. The van der Waals surface area contributed by atoms with Gasteiger partial charge in [0.2, 0.25) is 0 Å². The molecule has 0 aromatic heterocycles. The molecule has 1 fully saturated rings. The van der Waals surface area contributed by atoms with Gasteiger partial charge in [-0.05, 0) is 45.6 Å². The van der Waals surface area contributed by atoms with Crippen LogP contribution in [0.15, 0.2) is 0 Å². The van der Waals surface area contributed by atoms with Gasteiger partial charge in [0.1, 0.15) is 0 Å². The molecule has 1 unspecified atom stereocenters. The van der Waals surface area contributed by atoms with Crippen molar-refractivity contribution in [2.45, 2.75) is 58.5 Å². The van der Waals surface area contributed by atoms with Gasteiger partial charge < -0.3 is 14.7 Å². The Balaban J connectivity index is 2.39. The predicted molar refractivity (Wildman–Crippen MR) is 80.5 cm³/mol. The number of aliphatic hydroxyl groups is 1. The highest BCUT2D eigenvalue weighted by atomic mass is 16.5. The Morgan fingerprint density at radius 3 is 2.50 bits per heavy atom. The molecule has 20 heavy (non-hydrogen) atoms. The van der Waals surface area contributed by atoms with Crippen LogP contribution in [0.1, 0.15) is 52.9 Å². The van der Waals surface area contributed by atoms with Crippen LogP contribution in [0.2, 0.25) is 0 Å². The quantitative estimate of drug-likeness (QED) is 0.730. The number of carbonyl (C=O) groups excluding carboxylic acids is 1. The van der Waals surface area contributed by atoms with Crippen LogP contribution in [0.3, 0.4) is 0 Å². The van der Waals surface area contributed by atoms with Gasteiger partial charge in [-0.3, -0.25) is 4.79 Å². The minimum absolute atomic E-state index is 0.0184. The molecule has 1 aliphatic carbocycles. The highest BCUT2D eigenvalue weighted by Crippen LogP contribution is 2.33. The molecule has 0 heterocycles. The highest BCUT2D eigenvalue weighted by Gasteiger charge is 2.37. The molecule has 0 aromatic rings. The Hall–Kier alpha value is -0.610. The topological polar surface area (TPSA) is 49.8 Å². The van der Waals surface area contributed by atoms with Crippen molar-refractivity contribution in [1.29, 1.82) is 0 Å². The van der Waals surface area contributed by atoms with Crippen molar-refractivity contribution < 1.29 is 14.6 Å². The van der Waals surface area contributed by atoms with E-state index in [2.05, 4.69) is 25.8 Å². The van der Waals surface area contributed by atoms with Crippen LogP contribution in [0.4, 0.5) is 0 Å². The van der Waals surface area contributed by atoms with E-state index in [1.165, 1.54) is 0 Å². The number of likely N-dealkylation sites (N-methyl/N-ethyl adjacent to an activating group) is 1. The van der Waals surface area contributed by atoms with Crippen molar-refractivity contribution in [3.63, 3.8) is 0 Å². The zero-order chi connectivity index (χ0) is 15.2. The molecule has 1 atom stereocenters. The fourth-order valence-corrected chi connectivity index (χ4v) is 3.04. The van der Waals surface area contributed by atoms with E-state index in [0.29, 0.717) is 31.9 Å². The molecule has 0 aromatic carbocycles. The Morgan fingerprint density at radius 1 is 1.40 bits per heavy atom. The SMILES string of the molecule is CCOC(=O)C1CCC(O)(CN(C)CC(C)CC)CC1. The van der Waals surface area contributed by atoms with Crippen LogP contribution >= 0.6 is 0 Å². The lowest BCUT2D eigenvalue weighted by Gasteiger charge is -2.38. The molecule has 1 N–H and O–H groups in total. The number of hydrogen-bond acceptors (Lipinski definition) is 4. The molecule has 0 bridgehead atoms. The minimum Gasteiger partial charge on any atom is -0.466 e. The first kappa shape index (κ1) is 17.4. The lowest BCUT2D eigenvalue weighted by Crippen LogP contribution is -2.46. The maximum Gasteiger partial charge on any atom is 0.308 e. The van der Waals surface area contributed by atoms with Gasteiger partial charge in [0.25, 0.3) is 0 Å². The zero-order valence-corrected chi connectivity index (χ0v) is 13.5. The third-order valence-corrected chi connectivity index (χ3v) is 4.42. The van der Waals surface area contributed by atoms with Gasteiger partial charge in [-0.15, -0.1) is 0 Å². The summed E-state index contributed by atoms with van der Waals surface area (Å²) in [5.41, 5.74) is -0.634. The van der Waals surface area contributed by atoms with E-state index in [4.69, 9.17) is 4.74 Å². The molecular weight excluding hydrogens is 254 g/mol. The van der Waals surface area contributed by atoms with Crippen LogP contribution < -0.4 is 0 Å².